The smallest absolute Gasteiger partial charge is 0.248 e. The zero-order chi connectivity index (χ0) is 15.5. The van der Waals surface area contributed by atoms with Crippen molar-refractivity contribution in [3.8, 4) is 16.4 Å². The van der Waals surface area contributed by atoms with Crippen LogP contribution in [-0.2, 0) is 6.54 Å². The molecule has 0 saturated heterocycles. The Labute approximate surface area is 135 Å². The summed E-state index contributed by atoms with van der Waals surface area (Å²) in [5.41, 5.74) is 0.886. The van der Waals surface area contributed by atoms with E-state index in [0.717, 1.165) is 16.4 Å². The van der Waals surface area contributed by atoms with E-state index in [2.05, 4.69) is 36.0 Å². The van der Waals surface area contributed by atoms with Gasteiger partial charge in [-0.1, -0.05) is 29.4 Å². The second-order valence-electron chi connectivity index (χ2n) is 4.69. The maximum atomic E-state index is 4.46. The Hall–Kier alpha value is -3.07. The second-order valence-corrected chi connectivity index (χ2v) is 5.63. The van der Waals surface area contributed by atoms with Crippen molar-refractivity contribution in [1.82, 2.24) is 35.4 Å². The Morgan fingerprint density at radius 2 is 2.04 bits per heavy atom. The van der Waals surface area contributed by atoms with Crippen LogP contribution in [0.2, 0.25) is 0 Å². The predicted molar refractivity (Wildman–Crippen MR) is 86.2 cm³/mol. The summed E-state index contributed by atoms with van der Waals surface area (Å²) in [4.78, 5) is 5.49. The average Bonchev–Trinajstić information content (AvgIpc) is 3.33. The molecule has 0 atom stereocenters. The molecule has 0 aliphatic carbocycles. The molecule has 0 unspecified atom stereocenters. The fourth-order valence-electron chi connectivity index (χ4n) is 2.09. The predicted octanol–water partition coefficient (Wildman–Crippen LogP) is 2.12. The van der Waals surface area contributed by atoms with Crippen LogP contribution in [0.1, 0.15) is 5.82 Å². The minimum Gasteiger partial charge on any atom is -0.345 e. The lowest BCUT2D eigenvalue weighted by Gasteiger charge is -2.05. The van der Waals surface area contributed by atoms with E-state index in [0.29, 0.717) is 18.3 Å². The molecule has 0 amide bonds. The molecule has 0 aliphatic heterocycles. The third-order valence-electron chi connectivity index (χ3n) is 3.16. The highest BCUT2D eigenvalue weighted by Gasteiger charge is 2.10. The number of hydrogen-bond donors (Lipinski definition) is 2. The Morgan fingerprint density at radius 3 is 2.87 bits per heavy atom. The summed E-state index contributed by atoms with van der Waals surface area (Å²) in [6.07, 6.45) is 0. The number of nitrogens with zero attached hydrogens (tertiary/aromatic N) is 6. The molecule has 0 fully saturated rings. The van der Waals surface area contributed by atoms with Crippen LogP contribution in [0.4, 0.5) is 5.95 Å². The van der Waals surface area contributed by atoms with Crippen molar-refractivity contribution in [3.63, 3.8) is 0 Å². The third-order valence-corrected chi connectivity index (χ3v) is 4.02. The van der Waals surface area contributed by atoms with Crippen LogP contribution < -0.4 is 5.32 Å². The van der Waals surface area contributed by atoms with Gasteiger partial charge in [0.1, 0.15) is 5.82 Å². The van der Waals surface area contributed by atoms with Gasteiger partial charge in [0, 0.05) is 0 Å². The van der Waals surface area contributed by atoms with E-state index in [1.807, 2.05) is 47.8 Å². The Kier molecular flexibility index (Phi) is 3.53. The van der Waals surface area contributed by atoms with Crippen molar-refractivity contribution in [2.75, 3.05) is 5.32 Å². The first-order valence-electron chi connectivity index (χ1n) is 6.93. The minimum absolute atomic E-state index is 0.450. The number of anilines is 1. The van der Waals surface area contributed by atoms with Gasteiger partial charge in [-0.2, -0.15) is 9.78 Å². The van der Waals surface area contributed by atoms with Gasteiger partial charge in [-0.05, 0) is 34.0 Å². The SMILES string of the molecule is c1ccc(-n2nnnc2NCc2nc(-c3cccs3)n[nH]2)cc1. The van der Waals surface area contributed by atoms with Crippen LogP contribution in [0, 0.1) is 0 Å². The maximum Gasteiger partial charge on any atom is 0.248 e. The van der Waals surface area contributed by atoms with Crippen LogP contribution >= 0.6 is 11.3 Å². The first-order valence-corrected chi connectivity index (χ1v) is 7.81. The second kappa shape index (κ2) is 5.97. The fourth-order valence-corrected chi connectivity index (χ4v) is 2.75. The summed E-state index contributed by atoms with van der Waals surface area (Å²) < 4.78 is 1.64. The van der Waals surface area contributed by atoms with Gasteiger partial charge in [0.05, 0.1) is 17.1 Å². The van der Waals surface area contributed by atoms with E-state index in [4.69, 9.17) is 0 Å². The summed E-state index contributed by atoms with van der Waals surface area (Å²) in [7, 11) is 0. The molecular formula is C14H12N8S. The minimum atomic E-state index is 0.450. The van der Waals surface area contributed by atoms with Gasteiger partial charge >= 0.3 is 0 Å². The molecule has 2 N–H and O–H groups in total. The topological polar surface area (TPSA) is 97.2 Å². The Morgan fingerprint density at radius 1 is 1.13 bits per heavy atom. The number of aromatic nitrogens is 7. The van der Waals surface area contributed by atoms with Crippen molar-refractivity contribution in [3.05, 3.63) is 53.7 Å². The van der Waals surface area contributed by atoms with Crippen molar-refractivity contribution >= 4 is 17.3 Å². The molecule has 114 valence electrons. The number of benzene rings is 1. The molecule has 3 aromatic heterocycles. The van der Waals surface area contributed by atoms with E-state index in [1.165, 1.54) is 0 Å². The number of H-pyrrole nitrogens is 1. The number of nitrogens with one attached hydrogen (secondary N) is 2. The number of hydrogen-bond acceptors (Lipinski definition) is 7. The van der Waals surface area contributed by atoms with E-state index in [1.54, 1.807) is 16.0 Å². The van der Waals surface area contributed by atoms with Gasteiger partial charge in [-0.15, -0.1) is 11.3 Å². The number of tetrazole rings is 1. The van der Waals surface area contributed by atoms with Crippen molar-refractivity contribution < 1.29 is 0 Å². The molecule has 4 aromatic rings. The summed E-state index contributed by atoms with van der Waals surface area (Å²) in [6, 6.07) is 13.6. The summed E-state index contributed by atoms with van der Waals surface area (Å²) in [5.74, 6) is 1.96. The van der Waals surface area contributed by atoms with Gasteiger partial charge in [0.25, 0.3) is 0 Å². The molecule has 0 radical (unpaired) electrons. The monoisotopic (exact) mass is 324 g/mol. The fraction of sp³-hybridized carbons (Fsp3) is 0.0714. The zero-order valence-corrected chi connectivity index (χ0v) is 12.7. The van der Waals surface area contributed by atoms with E-state index in [-0.39, 0.29) is 0 Å². The van der Waals surface area contributed by atoms with Gasteiger partial charge < -0.3 is 5.32 Å². The normalized spacial score (nSPS) is 10.8. The van der Waals surface area contributed by atoms with Crippen molar-refractivity contribution in [2.24, 2.45) is 0 Å². The van der Waals surface area contributed by atoms with Gasteiger partial charge in [-0.25, -0.2) is 4.98 Å². The van der Waals surface area contributed by atoms with E-state index >= 15 is 0 Å². The number of aromatic amines is 1. The van der Waals surface area contributed by atoms with Gasteiger partial charge in [0.15, 0.2) is 5.82 Å². The summed E-state index contributed by atoms with van der Waals surface area (Å²) >= 11 is 1.60. The van der Waals surface area contributed by atoms with Crippen LogP contribution in [0.5, 0.6) is 0 Å². The standard InChI is InChI=1S/C14H12N8S/c1-2-5-10(6-3-1)22-14(19-20-21-22)15-9-12-16-13(18-17-12)11-7-4-8-23-11/h1-8H,9H2,(H,15,19,21)(H,16,17,18). The first kappa shape index (κ1) is 13.6. The molecule has 23 heavy (non-hydrogen) atoms. The van der Waals surface area contributed by atoms with E-state index < -0.39 is 0 Å². The third kappa shape index (κ3) is 2.81. The van der Waals surface area contributed by atoms with Crippen LogP contribution in [0.3, 0.4) is 0 Å². The Bertz CT molecular complexity index is 881. The van der Waals surface area contributed by atoms with Gasteiger partial charge in [-0.3, -0.25) is 5.10 Å². The lowest BCUT2D eigenvalue weighted by Crippen LogP contribution is -2.08. The number of thiophene rings is 1. The van der Waals surface area contributed by atoms with Crippen molar-refractivity contribution in [2.45, 2.75) is 6.54 Å². The molecule has 0 saturated carbocycles. The summed E-state index contributed by atoms with van der Waals surface area (Å²) in [6.45, 7) is 0.450. The molecule has 0 spiro atoms. The average molecular weight is 324 g/mol. The lowest BCUT2D eigenvalue weighted by atomic mass is 10.3. The molecular weight excluding hydrogens is 312 g/mol. The Balaban J connectivity index is 1.49. The summed E-state index contributed by atoms with van der Waals surface area (Å²) in [5, 5.41) is 24.0. The molecule has 3 heterocycles. The number of para-hydroxylation sites is 1. The maximum absolute atomic E-state index is 4.46. The molecule has 0 bridgehead atoms. The van der Waals surface area contributed by atoms with Crippen LogP contribution in [0.15, 0.2) is 47.8 Å². The lowest BCUT2D eigenvalue weighted by molar-refractivity contribution is 0.788. The largest absolute Gasteiger partial charge is 0.345 e. The highest BCUT2D eigenvalue weighted by Crippen LogP contribution is 2.20. The van der Waals surface area contributed by atoms with Gasteiger partial charge in [0.2, 0.25) is 5.95 Å². The molecule has 8 nitrogen and oxygen atoms in total. The quantitative estimate of drug-likeness (QED) is 0.583. The van der Waals surface area contributed by atoms with Crippen LogP contribution in [-0.4, -0.2) is 35.4 Å². The molecule has 1 aromatic carbocycles. The highest BCUT2D eigenvalue weighted by atomic mass is 32.1. The number of rotatable bonds is 5. The first-order chi connectivity index (χ1) is 11.4. The zero-order valence-electron chi connectivity index (χ0n) is 11.9. The van der Waals surface area contributed by atoms with Crippen molar-refractivity contribution in [1.29, 1.82) is 0 Å². The molecule has 0 aliphatic rings. The molecule has 9 heteroatoms. The highest BCUT2D eigenvalue weighted by molar-refractivity contribution is 7.13. The molecule has 4 rings (SSSR count). The van der Waals surface area contributed by atoms with E-state index in [9.17, 15) is 0 Å². The van der Waals surface area contributed by atoms with Crippen LogP contribution in [0.25, 0.3) is 16.4 Å².